The second-order valence-corrected chi connectivity index (χ2v) is 8.02. The number of aromatic nitrogens is 2. The maximum Gasteiger partial charge on any atom is 0.260 e. The van der Waals surface area contributed by atoms with E-state index < -0.39 is 0 Å². The first-order valence-electron chi connectivity index (χ1n) is 9.69. The number of thiazole rings is 1. The van der Waals surface area contributed by atoms with Crippen LogP contribution in [0.1, 0.15) is 21.6 Å². The van der Waals surface area contributed by atoms with Crippen molar-refractivity contribution in [2.45, 2.75) is 13.5 Å². The van der Waals surface area contributed by atoms with Gasteiger partial charge in [0, 0.05) is 11.8 Å². The number of nitrogens with zero attached hydrogens (tertiary/aromatic N) is 3. The molecule has 0 radical (unpaired) electrons. The van der Waals surface area contributed by atoms with Crippen molar-refractivity contribution in [3.05, 3.63) is 71.5 Å². The van der Waals surface area contributed by atoms with Crippen LogP contribution in [0.25, 0.3) is 10.2 Å². The highest BCUT2D eigenvalue weighted by Crippen LogP contribution is 2.38. The van der Waals surface area contributed by atoms with E-state index in [0.717, 1.165) is 21.5 Å². The summed E-state index contributed by atoms with van der Waals surface area (Å²) in [6.07, 6.45) is 1.71. The average molecular weight is 433 g/mol. The maximum absolute atomic E-state index is 13.6. The number of hydrogen-bond donors (Lipinski definition) is 0. The Kier molecular flexibility index (Phi) is 4.91. The Morgan fingerprint density at radius 1 is 1.16 bits per heavy atom. The normalized spacial score (nSPS) is 12.2. The number of methoxy groups -OCH3 is 1. The van der Waals surface area contributed by atoms with Crippen molar-refractivity contribution in [1.29, 1.82) is 0 Å². The number of anilines is 1. The van der Waals surface area contributed by atoms with Crippen molar-refractivity contribution < 1.29 is 19.0 Å². The second kappa shape index (κ2) is 7.88. The minimum atomic E-state index is -0.195. The summed E-state index contributed by atoms with van der Waals surface area (Å²) in [6, 6.07) is 14.7. The summed E-state index contributed by atoms with van der Waals surface area (Å²) in [4.78, 5) is 24.4. The molecular formula is C23H19N3O4S. The molecule has 156 valence electrons. The van der Waals surface area contributed by atoms with Gasteiger partial charge in [-0.3, -0.25) is 14.7 Å². The standard InChI is InChI=1S/C23H19N3O4S/c1-14-6-8-18(28-2)20-21(14)31-23(25-20)26(12-16-5-3-4-10-24-16)22(27)15-7-9-17-19(11-15)30-13-29-17/h3-11H,12-13H2,1-2H3. The Balaban J connectivity index is 1.60. The molecule has 0 aliphatic carbocycles. The minimum absolute atomic E-state index is 0.154. The van der Waals surface area contributed by atoms with E-state index in [2.05, 4.69) is 4.98 Å². The zero-order chi connectivity index (χ0) is 21.4. The molecule has 2 aromatic heterocycles. The van der Waals surface area contributed by atoms with Gasteiger partial charge in [0.1, 0.15) is 11.3 Å². The van der Waals surface area contributed by atoms with E-state index in [1.165, 1.54) is 11.3 Å². The zero-order valence-corrected chi connectivity index (χ0v) is 17.8. The van der Waals surface area contributed by atoms with Crippen LogP contribution in [0.2, 0.25) is 0 Å². The SMILES string of the molecule is COc1ccc(C)c2sc(N(Cc3ccccn3)C(=O)c3ccc4c(c3)OCO4)nc12. The van der Waals surface area contributed by atoms with Gasteiger partial charge in [-0.25, -0.2) is 4.98 Å². The third-order valence-electron chi connectivity index (χ3n) is 5.05. The first kappa shape index (κ1) is 19.3. The largest absolute Gasteiger partial charge is 0.494 e. The van der Waals surface area contributed by atoms with Crippen LogP contribution in [0.4, 0.5) is 5.13 Å². The van der Waals surface area contributed by atoms with E-state index in [0.29, 0.717) is 27.9 Å². The van der Waals surface area contributed by atoms with Crippen molar-refractivity contribution in [3.8, 4) is 17.2 Å². The van der Waals surface area contributed by atoms with Gasteiger partial charge >= 0.3 is 0 Å². The summed E-state index contributed by atoms with van der Waals surface area (Å²) in [5, 5.41) is 0.580. The van der Waals surface area contributed by atoms with Gasteiger partial charge in [0.2, 0.25) is 6.79 Å². The lowest BCUT2D eigenvalue weighted by Gasteiger charge is -2.19. The Hall–Kier alpha value is -3.65. The fourth-order valence-electron chi connectivity index (χ4n) is 3.44. The molecule has 0 saturated carbocycles. The van der Waals surface area contributed by atoms with Gasteiger partial charge in [-0.2, -0.15) is 0 Å². The molecule has 1 aliphatic rings. The predicted octanol–water partition coefficient (Wildman–Crippen LogP) is 4.58. The van der Waals surface area contributed by atoms with Gasteiger partial charge in [-0.1, -0.05) is 23.5 Å². The summed E-state index contributed by atoms with van der Waals surface area (Å²) in [6.45, 7) is 2.46. The molecule has 0 bridgehead atoms. The number of fused-ring (bicyclic) bond motifs is 2. The van der Waals surface area contributed by atoms with E-state index in [-0.39, 0.29) is 19.2 Å². The molecule has 4 aromatic rings. The number of ether oxygens (including phenoxy) is 3. The fourth-order valence-corrected chi connectivity index (χ4v) is 4.49. The topological polar surface area (TPSA) is 73.8 Å². The third kappa shape index (κ3) is 3.55. The van der Waals surface area contributed by atoms with Crippen LogP contribution >= 0.6 is 11.3 Å². The summed E-state index contributed by atoms with van der Waals surface area (Å²) in [7, 11) is 1.62. The molecule has 8 heteroatoms. The zero-order valence-electron chi connectivity index (χ0n) is 17.0. The van der Waals surface area contributed by atoms with Crippen molar-refractivity contribution in [1.82, 2.24) is 9.97 Å². The molecule has 1 aliphatic heterocycles. The Morgan fingerprint density at radius 2 is 2.03 bits per heavy atom. The molecule has 0 N–H and O–H groups in total. The van der Waals surface area contributed by atoms with Crippen molar-refractivity contribution >= 4 is 32.6 Å². The van der Waals surface area contributed by atoms with E-state index in [4.69, 9.17) is 19.2 Å². The Morgan fingerprint density at radius 3 is 2.84 bits per heavy atom. The van der Waals surface area contributed by atoms with Gasteiger partial charge in [0.05, 0.1) is 24.0 Å². The van der Waals surface area contributed by atoms with Crippen LogP contribution in [0.5, 0.6) is 17.2 Å². The molecule has 0 unspecified atom stereocenters. The van der Waals surface area contributed by atoms with E-state index >= 15 is 0 Å². The number of amides is 1. The maximum atomic E-state index is 13.6. The molecule has 7 nitrogen and oxygen atoms in total. The number of benzene rings is 2. The highest BCUT2D eigenvalue weighted by atomic mass is 32.1. The summed E-state index contributed by atoms with van der Waals surface area (Å²) < 4.78 is 17.3. The number of rotatable bonds is 5. The van der Waals surface area contributed by atoms with Crippen molar-refractivity contribution in [2.75, 3.05) is 18.8 Å². The van der Waals surface area contributed by atoms with Crippen LogP contribution in [-0.4, -0.2) is 29.8 Å². The highest BCUT2D eigenvalue weighted by Gasteiger charge is 2.25. The van der Waals surface area contributed by atoms with Crippen LogP contribution in [0.3, 0.4) is 0 Å². The summed E-state index contributed by atoms with van der Waals surface area (Å²) >= 11 is 1.46. The van der Waals surface area contributed by atoms with Crippen LogP contribution in [-0.2, 0) is 6.54 Å². The van der Waals surface area contributed by atoms with Gasteiger partial charge in [0.15, 0.2) is 16.6 Å². The van der Waals surface area contributed by atoms with Gasteiger partial charge in [-0.05, 0) is 48.9 Å². The van der Waals surface area contributed by atoms with E-state index in [9.17, 15) is 4.79 Å². The molecule has 0 fully saturated rings. The monoisotopic (exact) mass is 433 g/mol. The number of aryl methyl sites for hydroxylation is 1. The van der Waals surface area contributed by atoms with Gasteiger partial charge < -0.3 is 14.2 Å². The summed E-state index contributed by atoms with van der Waals surface area (Å²) in [5.74, 6) is 1.68. The molecule has 2 aromatic carbocycles. The molecule has 0 spiro atoms. The number of carbonyl (C=O) groups is 1. The number of pyridine rings is 1. The Labute approximate surface area is 182 Å². The third-order valence-corrected chi connectivity index (χ3v) is 6.27. The lowest BCUT2D eigenvalue weighted by Crippen LogP contribution is -2.30. The van der Waals surface area contributed by atoms with E-state index in [1.54, 1.807) is 36.4 Å². The second-order valence-electron chi connectivity index (χ2n) is 7.04. The molecule has 0 saturated heterocycles. The molecule has 3 heterocycles. The van der Waals surface area contributed by atoms with Crippen molar-refractivity contribution in [3.63, 3.8) is 0 Å². The van der Waals surface area contributed by atoms with Crippen molar-refractivity contribution in [2.24, 2.45) is 0 Å². The predicted molar refractivity (Wildman–Crippen MR) is 118 cm³/mol. The number of carbonyl (C=O) groups excluding carboxylic acids is 1. The first-order valence-corrected chi connectivity index (χ1v) is 10.5. The molecule has 31 heavy (non-hydrogen) atoms. The average Bonchev–Trinajstić information content (AvgIpc) is 3.45. The number of hydrogen-bond acceptors (Lipinski definition) is 7. The fraction of sp³-hybridized carbons (Fsp3) is 0.174. The lowest BCUT2D eigenvalue weighted by molar-refractivity contribution is 0.0984. The molecule has 1 amide bonds. The molecular weight excluding hydrogens is 414 g/mol. The first-order chi connectivity index (χ1) is 15.1. The highest BCUT2D eigenvalue weighted by molar-refractivity contribution is 7.22. The van der Waals surface area contributed by atoms with Crippen LogP contribution in [0, 0.1) is 6.92 Å². The summed E-state index contributed by atoms with van der Waals surface area (Å²) in [5.41, 5.74) is 3.07. The molecule has 0 atom stereocenters. The van der Waals surface area contributed by atoms with E-state index in [1.807, 2.05) is 37.3 Å². The lowest BCUT2D eigenvalue weighted by atomic mass is 10.1. The van der Waals surface area contributed by atoms with Crippen LogP contribution in [0.15, 0.2) is 54.7 Å². The molecule has 5 rings (SSSR count). The van der Waals surface area contributed by atoms with Crippen LogP contribution < -0.4 is 19.1 Å². The van der Waals surface area contributed by atoms with Gasteiger partial charge in [-0.15, -0.1) is 0 Å². The van der Waals surface area contributed by atoms with Gasteiger partial charge in [0.25, 0.3) is 5.91 Å². The quantitative estimate of drug-likeness (QED) is 0.459. The Bertz CT molecular complexity index is 1270. The smallest absolute Gasteiger partial charge is 0.260 e. The minimum Gasteiger partial charge on any atom is -0.494 e.